The average molecular weight is 400 g/mol. The molecule has 28 heavy (non-hydrogen) atoms. The number of esters is 1. The van der Waals surface area contributed by atoms with Crippen molar-refractivity contribution in [3.8, 4) is 0 Å². The highest BCUT2D eigenvalue weighted by Gasteiger charge is 2.41. The molecule has 0 aliphatic heterocycles. The van der Waals surface area contributed by atoms with Gasteiger partial charge in [-0.3, -0.25) is 4.79 Å². The molecule has 0 heterocycles. The number of carbonyl (C=O) groups is 2. The van der Waals surface area contributed by atoms with E-state index in [0.717, 1.165) is 44.9 Å². The Morgan fingerprint density at radius 2 is 1.57 bits per heavy atom. The number of rotatable bonds is 18. The molecule has 0 saturated heterocycles. The van der Waals surface area contributed by atoms with E-state index in [1.165, 1.54) is 26.4 Å². The molecule has 0 aliphatic carbocycles. The lowest BCUT2D eigenvalue weighted by atomic mass is 9.91. The summed E-state index contributed by atoms with van der Waals surface area (Å²) in [6.45, 7) is 1.51. The van der Waals surface area contributed by atoms with Crippen molar-refractivity contribution in [1.82, 2.24) is 0 Å². The fraction of sp³-hybridized carbons (Fsp3) is 0.818. The van der Waals surface area contributed by atoms with Gasteiger partial charge in [0.1, 0.15) is 5.78 Å². The third kappa shape index (κ3) is 11.6. The maximum absolute atomic E-state index is 11.7. The number of carbonyl (C=O) groups excluding carboxylic acids is 2. The third-order valence-electron chi connectivity index (χ3n) is 5.08. The molecule has 0 fully saturated rings. The molecule has 0 spiro atoms. The highest BCUT2D eigenvalue weighted by atomic mass is 16.5. The minimum atomic E-state index is -1.77. The molecule has 164 valence electrons. The molecule has 0 saturated carbocycles. The van der Waals surface area contributed by atoms with Crippen LogP contribution in [0.2, 0.25) is 0 Å². The van der Waals surface area contributed by atoms with E-state index in [2.05, 4.69) is 17.7 Å². The molecular formula is C22H41NO5. The van der Waals surface area contributed by atoms with Gasteiger partial charge >= 0.3 is 5.97 Å². The fourth-order valence-electron chi connectivity index (χ4n) is 3.06. The predicted octanol–water partition coefficient (Wildman–Crippen LogP) is 3.43. The number of aliphatic hydroxyl groups is 2. The molecule has 6 nitrogen and oxygen atoms in total. The molecule has 0 amide bonds. The van der Waals surface area contributed by atoms with Crippen LogP contribution in [0.15, 0.2) is 12.2 Å². The Kier molecular flexibility index (Phi) is 16.0. The van der Waals surface area contributed by atoms with Crippen LogP contribution in [-0.4, -0.2) is 47.3 Å². The predicted molar refractivity (Wildman–Crippen MR) is 112 cm³/mol. The van der Waals surface area contributed by atoms with Gasteiger partial charge in [0.15, 0.2) is 5.54 Å². The SMILES string of the molecule is CCCCCCC(=O)CCCCCC/C=C/CC[C@@H](O)[C@@](N)(CO)C(=O)OC. The summed E-state index contributed by atoms with van der Waals surface area (Å²) >= 11 is 0. The van der Waals surface area contributed by atoms with Crippen molar-refractivity contribution in [1.29, 1.82) is 0 Å². The minimum Gasteiger partial charge on any atom is -0.468 e. The number of Topliss-reactive ketones (excluding diaryl/α,β-unsaturated/α-hetero) is 1. The van der Waals surface area contributed by atoms with Gasteiger partial charge in [-0.15, -0.1) is 0 Å². The number of ketones is 1. The van der Waals surface area contributed by atoms with Gasteiger partial charge in [-0.25, -0.2) is 4.79 Å². The van der Waals surface area contributed by atoms with Crippen LogP contribution < -0.4 is 5.73 Å². The Morgan fingerprint density at radius 3 is 2.14 bits per heavy atom. The molecule has 0 bridgehead atoms. The lowest BCUT2D eigenvalue weighted by Gasteiger charge is -2.29. The van der Waals surface area contributed by atoms with Gasteiger partial charge in [-0.05, 0) is 38.5 Å². The van der Waals surface area contributed by atoms with Crippen molar-refractivity contribution >= 4 is 11.8 Å². The van der Waals surface area contributed by atoms with Crippen molar-refractivity contribution in [2.24, 2.45) is 5.73 Å². The van der Waals surface area contributed by atoms with E-state index in [-0.39, 0.29) is 6.42 Å². The Morgan fingerprint density at radius 1 is 1.00 bits per heavy atom. The zero-order valence-corrected chi connectivity index (χ0v) is 17.8. The summed E-state index contributed by atoms with van der Waals surface area (Å²) in [5, 5.41) is 19.3. The molecule has 4 N–H and O–H groups in total. The normalized spacial score (nSPS) is 14.8. The topological polar surface area (TPSA) is 110 Å². The van der Waals surface area contributed by atoms with E-state index in [4.69, 9.17) is 5.73 Å². The fourth-order valence-corrected chi connectivity index (χ4v) is 3.06. The summed E-state index contributed by atoms with van der Waals surface area (Å²) in [4.78, 5) is 23.3. The molecule has 0 unspecified atom stereocenters. The number of methoxy groups -OCH3 is 1. The second kappa shape index (κ2) is 16.7. The number of hydrogen-bond acceptors (Lipinski definition) is 6. The van der Waals surface area contributed by atoms with Crippen LogP contribution in [0.25, 0.3) is 0 Å². The van der Waals surface area contributed by atoms with Crippen LogP contribution >= 0.6 is 0 Å². The Bertz CT molecular complexity index is 452. The van der Waals surface area contributed by atoms with Crippen LogP contribution in [0, 0.1) is 0 Å². The number of allylic oxidation sites excluding steroid dienone is 2. The highest BCUT2D eigenvalue weighted by molar-refractivity contribution is 5.81. The lowest BCUT2D eigenvalue weighted by Crippen LogP contribution is -2.60. The number of aliphatic hydroxyl groups excluding tert-OH is 2. The summed E-state index contributed by atoms with van der Waals surface area (Å²) in [6.07, 6.45) is 15.0. The first kappa shape index (κ1) is 26.8. The number of ether oxygens (including phenoxy) is 1. The van der Waals surface area contributed by atoms with Gasteiger partial charge in [0.25, 0.3) is 0 Å². The highest BCUT2D eigenvalue weighted by Crippen LogP contribution is 2.15. The number of nitrogens with two attached hydrogens (primary N) is 1. The van der Waals surface area contributed by atoms with Crippen LogP contribution in [0.1, 0.15) is 90.4 Å². The van der Waals surface area contributed by atoms with Crippen molar-refractivity contribution in [2.45, 2.75) is 102 Å². The largest absolute Gasteiger partial charge is 0.468 e. The zero-order chi connectivity index (χ0) is 21.3. The minimum absolute atomic E-state index is 0.281. The maximum atomic E-state index is 11.7. The smallest absolute Gasteiger partial charge is 0.330 e. The summed E-state index contributed by atoms with van der Waals surface area (Å²) in [5.74, 6) is -0.411. The monoisotopic (exact) mass is 399 g/mol. The summed E-state index contributed by atoms with van der Waals surface area (Å²) < 4.78 is 4.54. The van der Waals surface area contributed by atoms with Crippen LogP contribution in [0.4, 0.5) is 0 Å². The van der Waals surface area contributed by atoms with Gasteiger partial charge in [0.05, 0.1) is 19.8 Å². The van der Waals surface area contributed by atoms with E-state index in [1.54, 1.807) is 0 Å². The summed E-state index contributed by atoms with van der Waals surface area (Å²) in [7, 11) is 1.18. The maximum Gasteiger partial charge on any atom is 0.330 e. The van der Waals surface area contributed by atoms with Crippen molar-refractivity contribution in [2.75, 3.05) is 13.7 Å². The molecule has 0 aliphatic rings. The molecule has 2 atom stereocenters. The number of hydrogen-bond donors (Lipinski definition) is 3. The second-order valence-electron chi connectivity index (χ2n) is 7.56. The quantitative estimate of drug-likeness (QED) is 0.185. The first-order valence-electron chi connectivity index (χ1n) is 10.7. The van der Waals surface area contributed by atoms with Gasteiger partial charge in [0, 0.05) is 12.8 Å². The summed E-state index contributed by atoms with van der Waals surface area (Å²) in [5.41, 5.74) is 3.97. The van der Waals surface area contributed by atoms with Gasteiger partial charge in [-0.2, -0.15) is 0 Å². The number of unbranched alkanes of at least 4 members (excludes halogenated alkanes) is 7. The van der Waals surface area contributed by atoms with E-state index in [9.17, 15) is 19.8 Å². The van der Waals surface area contributed by atoms with Crippen LogP contribution in [-0.2, 0) is 14.3 Å². The Hall–Kier alpha value is -1.24. The zero-order valence-electron chi connectivity index (χ0n) is 17.8. The molecule has 0 aromatic carbocycles. The second-order valence-corrected chi connectivity index (χ2v) is 7.56. The molecule has 0 radical (unpaired) electrons. The standard InChI is InChI=1S/C22H41NO5/c1-3-4-5-12-15-19(25)16-13-10-8-6-7-9-11-14-17-20(26)22(23,18-24)21(27)28-2/h9,11,20,24,26H,3-8,10,12-18,23H2,1-2H3/b11-9+/t20-,22+/m1/s1. The molecular weight excluding hydrogens is 358 g/mol. The van der Waals surface area contributed by atoms with Gasteiger partial charge in [0.2, 0.25) is 0 Å². The molecule has 6 heteroatoms. The van der Waals surface area contributed by atoms with E-state index >= 15 is 0 Å². The third-order valence-corrected chi connectivity index (χ3v) is 5.08. The first-order chi connectivity index (χ1) is 13.4. The lowest BCUT2D eigenvalue weighted by molar-refractivity contribution is -0.154. The van der Waals surface area contributed by atoms with E-state index < -0.39 is 24.2 Å². The van der Waals surface area contributed by atoms with Crippen molar-refractivity contribution < 1.29 is 24.5 Å². The van der Waals surface area contributed by atoms with E-state index in [0.29, 0.717) is 18.6 Å². The van der Waals surface area contributed by atoms with Gasteiger partial charge < -0.3 is 20.7 Å². The first-order valence-corrected chi connectivity index (χ1v) is 10.7. The Labute approximate surface area is 170 Å². The molecule has 0 aromatic rings. The van der Waals surface area contributed by atoms with E-state index in [1.807, 2.05) is 6.08 Å². The van der Waals surface area contributed by atoms with Crippen LogP contribution in [0.3, 0.4) is 0 Å². The van der Waals surface area contributed by atoms with Crippen molar-refractivity contribution in [3.05, 3.63) is 12.2 Å². The Balaban J connectivity index is 3.70. The molecule has 0 aromatic heterocycles. The van der Waals surface area contributed by atoms with Crippen molar-refractivity contribution in [3.63, 3.8) is 0 Å². The summed E-state index contributed by atoms with van der Waals surface area (Å²) in [6, 6.07) is 0. The van der Waals surface area contributed by atoms with Crippen LogP contribution in [0.5, 0.6) is 0 Å². The average Bonchev–Trinajstić information content (AvgIpc) is 2.70. The molecule has 0 rings (SSSR count). The van der Waals surface area contributed by atoms with Gasteiger partial charge in [-0.1, -0.05) is 51.2 Å².